The first-order valence-corrected chi connectivity index (χ1v) is 13.5. The van der Waals surface area contributed by atoms with E-state index in [4.69, 9.17) is 9.47 Å². The Morgan fingerprint density at radius 3 is 2.32 bits per heavy atom. The summed E-state index contributed by atoms with van der Waals surface area (Å²) >= 11 is 0. The van der Waals surface area contributed by atoms with Crippen LogP contribution < -0.4 is 9.46 Å². The Hall–Kier alpha value is -1.89. The van der Waals surface area contributed by atoms with Crippen LogP contribution in [0.15, 0.2) is 18.2 Å². The maximum atomic E-state index is 13.1. The Morgan fingerprint density at radius 2 is 1.77 bits per heavy atom. The quantitative estimate of drug-likeness (QED) is 0.681. The SMILES string of the molecule is CO[C@@H]1CN(C)C(=O)c2ccc(NS(C)(=O)=O)cc2OC[C@@H](C)N(S(C)(=O)=O)C[C@H]1C. The lowest BCUT2D eigenvalue weighted by molar-refractivity contribution is 0.0213. The summed E-state index contributed by atoms with van der Waals surface area (Å²) in [7, 11) is -3.92. The molecular weight excluding hydrogens is 446 g/mol. The predicted molar refractivity (Wildman–Crippen MR) is 118 cm³/mol. The number of sulfonamides is 2. The summed E-state index contributed by atoms with van der Waals surface area (Å²) in [5.41, 5.74) is 0.475. The molecule has 1 heterocycles. The number of fused-ring (bicyclic) bond motifs is 1. The number of nitrogens with one attached hydrogen (secondary N) is 1. The lowest BCUT2D eigenvalue weighted by Crippen LogP contribution is -2.48. The number of hydrogen-bond donors (Lipinski definition) is 1. The Morgan fingerprint density at radius 1 is 1.13 bits per heavy atom. The molecule has 10 nitrogen and oxygen atoms in total. The monoisotopic (exact) mass is 477 g/mol. The largest absolute Gasteiger partial charge is 0.491 e. The summed E-state index contributed by atoms with van der Waals surface area (Å²) in [6.07, 6.45) is 1.77. The van der Waals surface area contributed by atoms with Crippen LogP contribution in [-0.2, 0) is 24.8 Å². The number of methoxy groups -OCH3 is 1. The molecule has 1 aliphatic heterocycles. The molecule has 0 spiro atoms. The molecule has 1 aliphatic rings. The molecule has 1 aromatic rings. The zero-order valence-electron chi connectivity index (χ0n) is 18.7. The topological polar surface area (TPSA) is 122 Å². The number of rotatable bonds is 4. The van der Waals surface area contributed by atoms with Gasteiger partial charge in [-0.05, 0) is 25.0 Å². The molecule has 0 unspecified atom stereocenters. The van der Waals surface area contributed by atoms with Gasteiger partial charge in [0.25, 0.3) is 5.91 Å². The minimum atomic E-state index is -3.54. The highest BCUT2D eigenvalue weighted by atomic mass is 32.2. The van der Waals surface area contributed by atoms with Crippen molar-refractivity contribution in [3.63, 3.8) is 0 Å². The van der Waals surface area contributed by atoms with E-state index in [1.807, 2.05) is 6.92 Å². The minimum absolute atomic E-state index is 0.0240. The highest BCUT2D eigenvalue weighted by Crippen LogP contribution is 2.27. The Bertz CT molecular complexity index is 1010. The summed E-state index contributed by atoms with van der Waals surface area (Å²) in [4.78, 5) is 14.5. The third-order valence-electron chi connectivity index (χ3n) is 5.12. The number of carbonyl (C=O) groups is 1. The van der Waals surface area contributed by atoms with Crippen molar-refractivity contribution >= 4 is 31.6 Å². The van der Waals surface area contributed by atoms with Gasteiger partial charge < -0.3 is 14.4 Å². The molecule has 0 aromatic heterocycles. The van der Waals surface area contributed by atoms with Gasteiger partial charge in [0.05, 0.1) is 35.9 Å². The first-order chi connectivity index (χ1) is 14.2. The second-order valence-corrected chi connectivity index (χ2v) is 11.7. The number of anilines is 1. The molecule has 2 rings (SSSR count). The zero-order valence-corrected chi connectivity index (χ0v) is 20.3. The summed E-state index contributed by atoms with van der Waals surface area (Å²) in [6, 6.07) is 3.85. The number of benzene rings is 1. The molecule has 0 fully saturated rings. The normalized spacial score (nSPS) is 24.5. The lowest BCUT2D eigenvalue weighted by atomic mass is 10.0. The van der Waals surface area contributed by atoms with E-state index >= 15 is 0 Å². The van der Waals surface area contributed by atoms with E-state index in [1.165, 1.54) is 34.5 Å². The Balaban J connectivity index is 2.52. The molecule has 3 atom stereocenters. The summed E-state index contributed by atoms with van der Waals surface area (Å²) in [6.45, 7) is 4.01. The van der Waals surface area contributed by atoms with Gasteiger partial charge in [0.1, 0.15) is 12.4 Å². The van der Waals surface area contributed by atoms with Crippen molar-refractivity contribution in [1.82, 2.24) is 9.21 Å². The molecule has 0 aliphatic carbocycles. The molecule has 0 saturated heterocycles. The fourth-order valence-electron chi connectivity index (χ4n) is 3.48. The van der Waals surface area contributed by atoms with Crippen molar-refractivity contribution < 1.29 is 31.1 Å². The molecule has 12 heteroatoms. The van der Waals surface area contributed by atoms with Crippen LogP contribution in [0.5, 0.6) is 5.75 Å². The van der Waals surface area contributed by atoms with Crippen LogP contribution in [0, 0.1) is 5.92 Å². The van der Waals surface area contributed by atoms with E-state index in [0.29, 0.717) is 0 Å². The van der Waals surface area contributed by atoms with E-state index in [-0.39, 0.29) is 54.6 Å². The van der Waals surface area contributed by atoms with Gasteiger partial charge in [-0.1, -0.05) is 6.92 Å². The molecule has 0 radical (unpaired) electrons. The summed E-state index contributed by atoms with van der Waals surface area (Å²) in [5.74, 6) is -0.339. The van der Waals surface area contributed by atoms with Gasteiger partial charge in [-0.25, -0.2) is 16.8 Å². The van der Waals surface area contributed by atoms with E-state index < -0.39 is 26.1 Å². The van der Waals surface area contributed by atoms with E-state index in [1.54, 1.807) is 14.0 Å². The van der Waals surface area contributed by atoms with Gasteiger partial charge in [-0.2, -0.15) is 4.31 Å². The second-order valence-electron chi connectivity index (χ2n) is 8.01. The predicted octanol–water partition coefficient (Wildman–Crippen LogP) is 0.824. The average Bonchev–Trinajstić information content (AvgIpc) is 2.64. The van der Waals surface area contributed by atoms with Crippen molar-refractivity contribution in [3.8, 4) is 5.75 Å². The van der Waals surface area contributed by atoms with E-state index in [9.17, 15) is 21.6 Å². The van der Waals surface area contributed by atoms with Gasteiger partial charge in [0, 0.05) is 33.3 Å². The number of carbonyl (C=O) groups excluding carboxylic acids is 1. The Labute approximate surface area is 184 Å². The molecule has 1 amide bonds. The van der Waals surface area contributed by atoms with Crippen LogP contribution in [0.2, 0.25) is 0 Å². The number of nitrogens with zero attached hydrogens (tertiary/aromatic N) is 2. The number of amides is 1. The molecular formula is C19H31N3O7S2. The average molecular weight is 478 g/mol. The van der Waals surface area contributed by atoms with Crippen LogP contribution >= 0.6 is 0 Å². The van der Waals surface area contributed by atoms with Gasteiger partial charge in [-0.3, -0.25) is 9.52 Å². The van der Waals surface area contributed by atoms with Crippen molar-refractivity contribution in [2.45, 2.75) is 26.0 Å². The molecule has 1 N–H and O–H groups in total. The minimum Gasteiger partial charge on any atom is -0.491 e. The summed E-state index contributed by atoms with van der Waals surface area (Å²) < 4.78 is 63.1. The van der Waals surface area contributed by atoms with Crippen molar-refractivity contribution in [3.05, 3.63) is 23.8 Å². The highest BCUT2D eigenvalue weighted by molar-refractivity contribution is 7.92. The van der Waals surface area contributed by atoms with Crippen molar-refractivity contribution in [1.29, 1.82) is 0 Å². The van der Waals surface area contributed by atoms with Crippen LogP contribution in [0.25, 0.3) is 0 Å². The number of hydrogen-bond acceptors (Lipinski definition) is 7. The fourth-order valence-corrected chi connectivity index (χ4v) is 5.25. The molecule has 176 valence electrons. The van der Waals surface area contributed by atoms with Gasteiger partial charge in [0.15, 0.2) is 0 Å². The summed E-state index contributed by atoms with van der Waals surface area (Å²) in [5, 5.41) is 0. The first-order valence-electron chi connectivity index (χ1n) is 9.72. The van der Waals surface area contributed by atoms with Crippen molar-refractivity contribution in [2.24, 2.45) is 5.92 Å². The van der Waals surface area contributed by atoms with Crippen LogP contribution in [0.4, 0.5) is 5.69 Å². The maximum Gasteiger partial charge on any atom is 0.257 e. The first kappa shape index (κ1) is 25.4. The van der Waals surface area contributed by atoms with Gasteiger partial charge >= 0.3 is 0 Å². The molecule has 1 aromatic carbocycles. The number of ether oxygens (including phenoxy) is 2. The molecule has 31 heavy (non-hydrogen) atoms. The van der Waals surface area contributed by atoms with E-state index in [2.05, 4.69) is 4.72 Å². The molecule has 0 bridgehead atoms. The highest BCUT2D eigenvalue weighted by Gasteiger charge is 2.31. The Kier molecular flexibility index (Phi) is 7.95. The molecule has 0 saturated carbocycles. The maximum absolute atomic E-state index is 13.1. The lowest BCUT2D eigenvalue weighted by Gasteiger charge is -2.34. The third-order valence-corrected chi connectivity index (χ3v) is 7.09. The third kappa shape index (κ3) is 6.79. The number of likely N-dealkylation sites (N-methyl/N-ethyl adjacent to an activating group) is 1. The van der Waals surface area contributed by atoms with Crippen LogP contribution in [0.1, 0.15) is 24.2 Å². The second kappa shape index (κ2) is 9.72. The van der Waals surface area contributed by atoms with Crippen LogP contribution in [-0.4, -0.2) is 90.5 Å². The van der Waals surface area contributed by atoms with E-state index in [0.717, 1.165) is 12.5 Å². The standard InChI is InChI=1S/C19H31N3O7S2/c1-13-10-22(31(6,26)27)14(2)12-29-17-9-15(20-30(5,24)25)7-8-16(17)19(23)21(3)11-18(13)28-4/h7-9,13-14,18,20H,10-12H2,1-6H3/t13-,14-,18-/m1/s1. The van der Waals surface area contributed by atoms with Gasteiger partial charge in [0.2, 0.25) is 20.0 Å². The van der Waals surface area contributed by atoms with Crippen molar-refractivity contribution in [2.75, 3.05) is 51.1 Å². The van der Waals surface area contributed by atoms with Gasteiger partial charge in [-0.15, -0.1) is 0 Å². The van der Waals surface area contributed by atoms with Crippen LogP contribution in [0.3, 0.4) is 0 Å². The fraction of sp³-hybridized carbons (Fsp3) is 0.632. The zero-order chi connectivity index (χ0) is 23.6. The smallest absolute Gasteiger partial charge is 0.257 e.